The average Bonchev–Trinajstić information content (AvgIpc) is 2.55. The molecule has 2 aliphatic heterocycles. The van der Waals surface area contributed by atoms with Gasteiger partial charge >= 0.3 is 6.09 Å². The summed E-state index contributed by atoms with van der Waals surface area (Å²) >= 11 is 4.97. The molecule has 0 aliphatic carbocycles. The van der Waals surface area contributed by atoms with Gasteiger partial charge in [-0.25, -0.2) is 9.18 Å². The minimum absolute atomic E-state index is 0.173. The van der Waals surface area contributed by atoms with Gasteiger partial charge in [-0.2, -0.15) is 0 Å². The molecule has 0 radical (unpaired) electrons. The van der Waals surface area contributed by atoms with E-state index in [2.05, 4.69) is 21.2 Å². The molecule has 1 saturated heterocycles. The second-order valence-electron chi connectivity index (χ2n) is 8.52. The van der Waals surface area contributed by atoms with Gasteiger partial charge in [0.05, 0.1) is 5.54 Å². The van der Waals surface area contributed by atoms with Crippen molar-refractivity contribution >= 4 is 39.0 Å². The minimum Gasteiger partial charge on any atom is -0.444 e. The molecule has 154 valence electrons. The number of nitrogens with zero attached hydrogens (tertiary/aromatic N) is 1. The Kier molecular flexibility index (Phi) is 6.13. The number of carbonyl (C=O) groups is 1. The van der Waals surface area contributed by atoms with E-state index in [1.807, 2.05) is 27.7 Å². The number of carbonyl (C=O) groups excluding carboxylic acids is 1. The van der Waals surface area contributed by atoms with Crippen LogP contribution >= 0.6 is 27.7 Å². The first-order valence-electron chi connectivity index (χ1n) is 9.33. The van der Waals surface area contributed by atoms with Crippen molar-refractivity contribution in [3.05, 3.63) is 34.1 Å². The molecule has 1 spiro atoms. The number of ether oxygens (including phenoxy) is 2. The Bertz CT molecular complexity index is 790. The second-order valence-corrected chi connectivity index (χ2v) is 10.9. The largest absolute Gasteiger partial charge is 0.444 e. The summed E-state index contributed by atoms with van der Waals surface area (Å²) in [6.45, 7) is 8.63. The summed E-state index contributed by atoms with van der Waals surface area (Å²) in [5.74, 6) is -0.305. The number of halogens is 2. The van der Waals surface area contributed by atoms with E-state index in [-0.39, 0.29) is 10.6 Å². The molecule has 8 heteroatoms. The predicted molar refractivity (Wildman–Crippen MR) is 113 cm³/mol. The maximum absolute atomic E-state index is 14.7. The lowest BCUT2D eigenvalue weighted by Crippen LogP contribution is -2.48. The van der Waals surface area contributed by atoms with Crippen molar-refractivity contribution in [3.8, 4) is 0 Å². The molecule has 1 N–H and O–H groups in total. The van der Waals surface area contributed by atoms with E-state index in [1.165, 1.54) is 6.07 Å². The zero-order valence-corrected chi connectivity index (χ0v) is 19.0. The number of alkyl carbamates (subject to hydrolysis) is 1. The summed E-state index contributed by atoms with van der Waals surface area (Å²) in [7, 11) is 0. The van der Waals surface area contributed by atoms with Gasteiger partial charge in [-0.3, -0.25) is 10.3 Å². The minimum atomic E-state index is -0.805. The quantitative estimate of drug-likeness (QED) is 0.596. The van der Waals surface area contributed by atoms with Crippen LogP contribution in [0.15, 0.2) is 27.7 Å². The van der Waals surface area contributed by atoms with E-state index in [1.54, 1.807) is 23.9 Å². The summed E-state index contributed by atoms with van der Waals surface area (Å²) in [6.07, 6.45) is 1.75. The van der Waals surface area contributed by atoms with Crippen molar-refractivity contribution < 1.29 is 18.7 Å². The van der Waals surface area contributed by atoms with Gasteiger partial charge in [0, 0.05) is 28.0 Å². The van der Waals surface area contributed by atoms with E-state index in [9.17, 15) is 9.18 Å². The van der Waals surface area contributed by atoms with E-state index in [0.29, 0.717) is 30.4 Å². The first-order valence-corrected chi connectivity index (χ1v) is 10.9. The van der Waals surface area contributed by atoms with Crippen LogP contribution in [0.25, 0.3) is 0 Å². The molecule has 1 atom stereocenters. The number of hydrogen-bond donors (Lipinski definition) is 1. The van der Waals surface area contributed by atoms with Crippen molar-refractivity contribution in [1.82, 2.24) is 5.32 Å². The molecule has 5 nitrogen and oxygen atoms in total. The van der Waals surface area contributed by atoms with Crippen molar-refractivity contribution in [1.29, 1.82) is 0 Å². The molecular formula is C20H26BrFN2O3S. The zero-order valence-electron chi connectivity index (χ0n) is 16.6. The normalized spacial score (nSPS) is 24.6. The molecule has 0 aromatic heterocycles. The molecule has 1 aromatic carbocycles. The Balaban J connectivity index is 1.97. The van der Waals surface area contributed by atoms with Gasteiger partial charge < -0.3 is 9.47 Å². The summed E-state index contributed by atoms with van der Waals surface area (Å²) in [5.41, 5.74) is -0.905. The van der Waals surface area contributed by atoms with E-state index in [4.69, 9.17) is 14.5 Å². The summed E-state index contributed by atoms with van der Waals surface area (Å²) in [5, 5.41) is 3.25. The van der Waals surface area contributed by atoms with Gasteiger partial charge in [0.25, 0.3) is 0 Å². The fourth-order valence-corrected chi connectivity index (χ4v) is 5.56. The zero-order chi connectivity index (χ0) is 20.6. The second kappa shape index (κ2) is 7.95. The lowest BCUT2D eigenvalue weighted by molar-refractivity contribution is 0.0562. The van der Waals surface area contributed by atoms with Crippen molar-refractivity contribution in [3.63, 3.8) is 0 Å². The van der Waals surface area contributed by atoms with Gasteiger partial charge in [-0.05, 0) is 65.2 Å². The highest BCUT2D eigenvalue weighted by molar-refractivity contribution is 9.10. The Morgan fingerprint density at radius 1 is 1.36 bits per heavy atom. The fourth-order valence-electron chi connectivity index (χ4n) is 3.69. The summed E-state index contributed by atoms with van der Waals surface area (Å²) in [4.78, 5) is 17.1. The predicted octanol–water partition coefficient (Wildman–Crippen LogP) is 5.37. The van der Waals surface area contributed by atoms with Crippen LogP contribution < -0.4 is 5.32 Å². The Morgan fingerprint density at radius 3 is 2.68 bits per heavy atom. The smallest absolute Gasteiger partial charge is 0.413 e. The molecule has 0 bridgehead atoms. The lowest BCUT2D eigenvalue weighted by Gasteiger charge is -2.45. The third-order valence-electron chi connectivity index (χ3n) is 4.85. The number of rotatable bonds is 1. The highest BCUT2D eigenvalue weighted by atomic mass is 79.9. The standard InChI is InChI=1S/C20H26BrFN2O3S/c1-18(2,3)27-17(25)23-16-24-19(4,14-11-13(21)5-6-15(14)22)12-20(28-16)7-9-26-10-8-20/h5-6,11H,7-10,12H2,1-4H3,(H,23,24,25)/t19-/m1/s1. The number of amidine groups is 1. The van der Waals surface area contributed by atoms with Crippen LogP contribution in [0.4, 0.5) is 9.18 Å². The molecule has 0 unspecified atom stereocenters. The molecule has 0 saturated carbocycles. The molecule has 3 rings (SSSR count). The third kappa shape index (κ3) is 5.07. The number of aliphatic imine (C=N–C) groups is 1. The van der Waals surface area contributed by atoms with Crippen molar-refractivity contribution in [2.24, 2.45) is 4.99 Å². The van der Waals surface area contributed by atoms with E-state index in [0.717, 1.165) is 17.3 Å². The first kappa shape index (κ1) is 21.6. The highest BCUT2D eigenvalue weighted by Gasteiger charge is 2.47. The van der Waals surface area contributed by atoms with Crippen LogP contribution in [-0.4, -0.2) is 34.8 Å². The van der Waals surface area contributed by atoms with Crippen molar-refractivity contribution in [2.75, 3.05) is 13.2 Å². The van der Waals surface area contributed by atoms with E-state index < -0.39 is 17.2 Å². The van der Waals surface area contributed by atoms with E-state index >= 15 is 0 Å². The van der Waals surface area contributed by atoms with Crippen LogP contribution in [0.5, 0.6) is 0 Å². The Hall–Kier alpha value is -1.12. The van der Waals surface area contributed by atoms with Gasteiger partial charge in [0.2, 0.25) is 0 Å². The van der Waals surface area contributed by atoms with Gasteiger partial charge in [-0.15, -0.1) is 0 Å². The average molecular weight is 473 g/mol. The number of thioether (sulfide) groups is 1. The molecule has 1 fully saturated rings. The first-order chi connectivity index (χ1) is 13.0. The SMILES string of the molecule is CC(C)(C)OC(=O)NC1=N[C@@](C)(c2cc(Br)ccc2F)CC2(CCOCC2)S1. The third-order valence-corrected chi connectivity index (χ3v) is 6.71. The highest BCUT2D eigenvalue weighted by Crippen LogP contribution is 2.51. The number of benzene rings is 1. The van der Waals surface area contributed by atoms with Crippen LogP contribution in [0.2, 0.25) is 0 Å². The number of hydrogen-bond acceptors (Lipinski definition) is 5. The molecule has 2 aliphatic rings. The Morgan fingerprint density at radius 2 is 2.04 bits per heavy atom. The summed E-state index contributed by atoms with van der Waals surface area (Å²) in [6, 6.07) is 4.89. The molecule has 2 heterocycles. The summed E-state index contributed by atoms with van der Waals surface area (Å²) < 4.78 is 26.3. The van der Waals surface area contributed by atoms with Gasteiger partial charge in [0.1, 0.15) is 11.4 Å². The number of amides is 1. The van der Waals surface area contributed by atoms with Crippen LogP contribution in [0.1, 0.15) is 52.5 Å². The molecular weight excluding hydrogens is 447 g/mol. The fraction of sp³-hybridized carbons (Fsp3) is 0.600. The maximum atomic E-state index is 14.7. The van der Waals surface area contributed by atoms with Crippen molar-refractivity contribution in [2.45, 2.75) is 62.8 Å². The monoisotopic (exact) mass is 472 g/mol. The molecule has 28 heavy (non-hydrogen) atoms. The molecule has 1 amide bonds. The van der Waals surface area contributed by atoms with Crippen LogP contribution in [0.3, 0.4) is 0 Å². The van der Waals surface area contributed by atoms with Crippen LogP contribution in [0, 0.1) is 5.82 Å². The number of nitrogens with one attached hydrogen (secondary N) is 1. The Labute approximate surface area is 178 Å². The lowest BCUT2D eigenvalue weighted by atomic mass is 9.79. The van der Waals surface area contributed by atoms with Crippen LogP contribution in [-0.2, 0) is 15.0 Å². The van der Waals surface area contributed by atoms with Gasteiger partial charge in [-0.1, -0.05) is 27.7 Å². The van der Waals surface area contributed by atoms with Gasteiger partial charge in [0.15, 0.2) is 5.17 Å². The maximum Gasteiger partial charge on any atom is 0.413 e. The molecule has 1 aromatic rings. The topological polar surface area (TPSA) is 59.9 Å².